The minimum absolute atomic E-state index is 0. The van der Waals surface area contributed by atoms with Crippen LogP contribution < -0.4 is 8.92 Å². The molecule has 1 N–H and O–H groups in total. The first kappa shape index (κ1) is 14.4. The largest absolute Gasteiger partial charge is 0.493 e. The Kier molecular flexibility index (Phi) is 6.22. The molecule has 0 bridgehead atoms. The maximum absolute atomic E-state index is 10.3. The molecule has 0 unspecified atom stereocenters. The molecule has 7 heteroatoms. The van der Waals surface area contributed by atoms with Crippen LogP contribution in [-0.2, 0) is 10.4 Å². The van der Waals surface area contributed by atoms with Crippen molar-refractivity contribution in [1.82, 2.24) is 0 Å². The molecule has 0 atom stereocenters. The van der Waals surface area contributed by atoms with Gasteiger partial charge in [-0.05, 0) is 12.1 Å². The monoisotopic (exact) mass is 243 g/mol. The van der Waals surface area contributed by atoms with Gasteiger partial charge in [-0.2, -0.15) is 8.42 Å². The van der Waals surface area contributed by atoms with Crippen LogP contribution in [0.1, 0.15) is 0 Å². The summed E-state index contributed by atoms with van der Waals surface area (Å²) in [7, 11) is -3.12. The van der Waals surface area contributed by atoms with E-state index >= 15 is 0 Å². The van der Waals surface area contributed by atoms with Crippen molar-refractivity contribution in [3.8, 4) is 11.5 Å². The van der Waals surface area contributed by atoms with Crippen molar-refractivity contribution in [2.45, 2.75) is 0 Å². The van der Waals surface area contributed by atoms with Gasteiger partial charge < -0.3 is 8.92 Å². The number of hydrogen-bond acceptors (Lipinski definition) is 4. The topological polar surface area (TPSA) is 72.8 Å². The number of hydrogen-bond donors (Lipinski definition) is 1. The summed E-state index contributed by atoms with van der Waals surface area (Å²) in [6, 6.07) is 6.09. The van der Waals surface area contributed by atoms with Gasteiger partial charge in [-0.15, -0.1) is 0 Å². The fourth-order valence-corrected chi connectivity index (χ4v) is 1.17. The summed E-state index contributed by atoms with van der Waals surface area (Å²) in [5, 5.41) is 0. The molecule has 0 aromatic heterocycles. The molecule has 1 rings (SSSR count). The Labute approximate surface area is 125 Å². The van der Waals surface area contributed by atoms with Crippen LogP contribution >= 0.6 is 0 Å². The molecular weight excluding hydrogens is 235 g/mol. The minimum Gasteiger partial charge on any atom is -0.493 e. The van der Waals surface area contributed by atoms with Crippen molar-refractivity contribution >= 4 is 61.8 Å². The zero-order chi connectivity index (χ0) is 9.90. The van der Waals surface area contributed by atoms with Gasteiger partial charge in [0.2, 0.25) is 0 Å². The molecule has 0 aliphatic heterocycles. The van der Waals surface area contributed by atoms with Crippen LogP contribution in [0.3, 0.4) is 0 Å². The van der Waals surface area contributed by atoms with Gasteiger partial charge in [0.25, 0.3) is 0 Å². The van der Waals surface area contributed by atoms with E-state index in [1.807, 2.05) is 0 Å². The van der Waals surface area contributed by atoms with E-state index in [-0.39, 0.29) is 62.9 Å². The molecule has 0 aliphatic rings. The summed E-state index contributed by atoms with van der Waals surface area (Å²) >= 11 is 0. The van der Waals surface area contributed by atoms with Crippen molar-refractivity contribution < 1.29 is 21.9 Å². The zero-order valence-corrected chi connectivity index (χ0v) is 11.7. The maximum Gasteiger partial charge on any atom is 0.446 e. The number of rotatable bonds is 3. The predicted octanol–water partition coefficient (Wildman–Crippen LogP) is 0.496. The second-order valence-corrected chi connectivity index (χ2v) is 3.18. The predicted molar refractivity (Wildman–Crippen MR) is 50.9 cm³/mol. The summed E-state index contributed by atoms with van der Waals surface area (Å²) < 4.78 is 38.1. The molecule has 0 fully saturated rings. The molecule has 0 saturated heterocycles. The summed E-state index contributed by atoms with van der Waals surface area (Å²) in [6.45, 7) is 0. The third-order valence-corrected chi connectivity index (χ3v) is 1.65. The van der Waals surface area contributed by atoms with Crippen LogP contribution in [0.5, 0.6) is 11.5 Å². The third-order valence-electron chi connectivity index (χ3n) is 1.26. The van der Waals surface area contributed by atoms with E-state index in [2.05, 4.69) is 4.18 Å². The molecule has 0 aliphatic carbocycles. The van der Waals surface area contributed by atoms with Crippen LogP contribution in [0.4, 0.5) is 0 Å². The SMILES string of the molecule is COc1ccccc1OS(=O)(=O)O.[K]. The van der Waals surface area contributed by atoms with Gasteiger partial charge in [0.05, 0.1) is 7.11 Å². The summed E-state index contributed by atoms with van der Waals surface area (Å²) in [6.07, 6.45) is 0. The summed E-state index contributed by atoms with van der Waals surface area (Å²) in [4.78, 5) is 0. The molecule has 0 amide bonds. The van der Waals surface area contributed by atoms with Gasteiger partial charge in [-0.3, -0.25) is 4.55 Å². The van der Waals surface area contributed by atoms with Gasteiger partial charge in [0.15, 0.2) is 11.5 Å². The van der Waals surface area contributed by atoms with Gasteiger partial charge in [-0.1, -0.05) is 12.1 Å². The first-order chi connectivity index (χ1) is 6.03. The summed E-state index contributed by atoms with van der Waals surface area (Å²) in [5.74, 6) is 0.188. The molecule has 14 heavy (non-hydrogen) atoms. The van der Waals surface area contributed by atoms with E-state index in [1.165, 1.54) is 19.2 Å². The first-order valence-corrected chi connectivity index (χ1v) is 4.69. The molecule has 0 heterocycles. The Morgan fingerprint density at radius 3 is 2.14 bits per heavy atom. The Morgan fingerprint density at radius 1 is 1.21 bits per heavy atom. The van der Waals surface area contributed by atoms with Crippen molar-refractivity contribution in [3.63, 3.8) is 0 Å². The van der Waals surface area contributed by atoms with Gasteiger partial charge in [-0.25, -0.2) is 0 Å². The van der Waals surface area contributed by atoms with Gasteiger partial charge in [0.1, 0.15) is 0 Å². The smallest absolute Gasteiger partial charge is 0.446 e. The minimum atomic E-state index is -4.49. The molecule has 73 valence electrons. The average molecular weight is 243 g/mol. The van der Waals surface area contributed by atoms with Gasteiger partial charge >= 0.3 is 10.4 Å². The second-order valence-electron chi connectivity index (χ2n) is 2.16. The Balaban J connectivity index is 0.00000169. The normalized spacial score (nSPS) is 10.1. The Morgan fingerprint density at radius 2 is 1.71 bits per heavy atom. The molecule has 5 nitrogen and oxygen atoms in total. The second kappa shape index (κ2) is 6.06. The third kappa shape index (κ3) is 4.74. The molecule has 0 saturated carbocycles. The van der Waals surface area contributed by atoms with Crippen LogP contribution in [0.2, 0.25) is 0 Å². The van der Waals surface area contributed by atoms with E-state index < -0.39 is 10.4 Å². The number of benzene rings is 1. The average Bonchev–Trinajstić information content (AvgIpc) is 2.02. The number of para-hydroxylation sites is 2. The van der Waals surface area contributed by atoms with Crippen LogP contribution in [0, 0.1) is 0 Å². The van der Waals surface area contributed by atoms with Crippen molar-refractivity contribution in [2.75, 3.05) is 7.11 Å². The number of ether oxygens (including phenoxy) is 1. The van der Waals surface area contributed by atoms with E-state index in [9.17, 15) is 8.42 Å². The zero-order valence-electron chi connectivity index (χ0n) is 7.80. The fourth-order valence-electron chi connectivity index (χ4n) is 0.801. The molecule has 1 aromatic rings. The van der Waals surface area contributed by atoms with Crippen molar-refractivity contribution in [1.29, 1.82) is 0 Å². The van der Waals surface area contributed by atoms with Crippen LogP contribution in [0.15, 0.2) is 24.3 Å². The number of methoxy groups -OCH3 is 1. The summed E-state index contributed by atoms with van der Waals surface area (Å²) in [5.41, 5.74) is 0. The van der Waals surface area contributed by atoms with Crippen molar-refractivity contribution in [3.05, 3.63) is 24.3 Å². The van der Waals surface area contributed by atoms with Crippen LogP contribution in [-0.4, -0.2) is 71.5 Å². The van der Waals surface area contributed by atoms with E-state index in [1.54, 1.807) is 12.1 Å². The van der Waals surface area contributed by atoms with Gasteiger partial charge in [0, 0.05) is 51.4 Å². The van der Waals surface area contributed by atoms with E-state index in [0.29, 0.717) is 0 Å². The van der Waals surface area contributed by atoms with E-state index in [4.69, 9.17) is 9.29 Å². The maximum atomic E-state index is 10.3. The molecule has 1 aromatic carbocycles. The van der Waals surface area contributed by atoms with Crippen LogP contribution in [0.25, 0.3) is 0 Å². The fraction of sp³-hybridized carbons (Fsp3) is 0.143. The quantitative estimate of drug-likeness (QED) is 0.618. The Bertz CT molecular complexity index is 389. The standard InChI is InChI=1S/C7H8O5S.K/c1-11-6-4-2-3-5-7(6)12-13(8,9)10;/h2-5H,1H3,(H,8,9,10);. The molecular formula is C7H8KO5S. The Hall–Kier alpha value is 0.366. The first-order valence-electron chi connectivity index (χ1n) is 3.33. The molecule has 0 spiro atoms. The molecule has 1 radical (unpaired) electrons. The van der Waals surface area contributed by atoms with Crippen molar-refractivity contribution in [2.24, 2.45) is 0 Å². The van der Waals surface area contributed by atoms with E-state index in [0.717, 1.165) is 0 Å².